The average Bonchev–Trinajstić information content (AvgIpc) is 2.79. The van der Waals surface area contributed by atoms with Crippen LogP contribution in [-0.2, 0) is 39.8 Å². The third-order valence-corrected chi connectivity index (χ3v) is 1.74. The van der Waals surface area contributed by atoms with Crippen LogP contribution in [0.3, 0.4) is 0 Å². The van der Waals surface area contributed by atoms with Crippen LogP contribution >= 0.6 is 0 Å². The smallest absolute Gasteiger partial charge is 0.143 e. The fourth-order valence-corrected chi connectivity index (χ4v) is 1.15. The predicted octanol–water partition coefficient (Wildman–Crippen LogP) is 3.58. The van der Waals surface area contributed by atoms with Crippen molar-refractivity contribution in [3.05, 3.63) is 34.6 Å². The van der Waals surface area contributed by atoms with Crippen molar-refractivity contribution < 1.29 is 37.8 Å². The Morgan fingerprint density at radius 2 is 1.74 bits per heavy atom. The van der Waals surface area contributed by atoms with E-state index in [2.05, 4.69) is 4.98 Å². The first-order valence-electron chi connectivity index (χ1n) is 5.74. The quantitative estimate of drug-likeness (QED) is 0.585. The van der Waals surface area contributed by atoms with Gasteiger partial charge >= 0.3 is 0 Å². The Kier molecular flexibility index (Phi) is 18.3. The molecule has 2 aromatic heterocycles. The van der Waals surface area contributed by atoms with Crippen molar-refractivity contribution in [2.75, 3.05) is 0 Å². The molecule has 0 bridgehead atoms. The maximum atomic E-state index is 9.33. The molecule has 1 radical (unpaired) electrons. The zero-order chi connectivity index (χ0) is 14.6. The summed E-state index contributed by atoms with van der Waals surface area (Å²) in [5.74, 6) is 0.288. The largest absolute Gasteiger partial charge is 0.507 e. The molecule has 2 rings (SSSR count). The van der Waals surface area contributed by atoms with Gasteiger partial charge in [0.05, 0.1) is 5.39 Å². The second kappa shape index (κ2) is 15.1. The minimum Gasteiger partial charge on any atom is -0.507 e. The SMILES string of the molecule is CC.CC.Cn1ccc2c(O)ccnc21.O=N[O-].[Y]. The maximum absolute atomic E-state index is 9.33. The van der Waals surface area contributed by atoms with Crippen molar-refractivity contribution in [2.24, 2.45) is 12.4 Å². The van der Waals surface area contributed by atoms with Crippen molar-refractivity contribution in [1.82, 2.24) is 9.55 Å². The summed E-state index contributed by atoms with van der Waals surface area (Å²) in [5.41, 5.74) is 0.810. The number of hydrogen-bond acceptors (Lipinski definition) is 5. The Balaban J connectivity index is -0.000000279. The molecule has 19 heavy (non-hydrogen) atoms. The molecule has 0 saturated carbocycles. The van der Waals surface area contributed by atoms with Crippen LogP contribution in [0.1, 0.15) is 27.7 Å². The zero-order valence-corrected chi connectivity index (χ0v) is 14.8. The maximum Gasteiger partial charge on any atom is 0.143 e. The van der Waals surface area contributed by atoms with E-state index in [4.69, 9.17) is 10.1 Å². The van der Waals surface area contributed by atoms with Gasteiger partial charge in [-0.25, -0.2) is 4.98 Å². The molecule has 0 spiro atoms. The van der Waals surface area contributed by atoms with E-state index in [1.54, 1.807) is 12.3 Å². The number of hydrogen-bond donors (Lipinski definition) is 1. The fraction of sp³-hybridized carbons (Fsp3) is 0.417. The zero-order valence-electron chi connectivity index (χ0n) is 12.0. The van der Waals surface area contributed by atoms with Gasteiger partial charge in [-0.3, -0.25) is 0 Å². The van der Waals surface area contributed by atoms with Gasteiger partial charge < -0.3 is 19.8 Å². The van der Waals surface area contributed by atoms with Gasteiger partial charge in [-0.2, -0.15) is 0 Å². The second-order valence-electron chi connectivity index (χ2n) is 2.57. The molecular weight excluding hydrogens is 323 g/mol. The molecule has 0 amide bonds. The Labute approximate surface area is 138 Å². The summed E-state index contributed by atoms with van der Waals surface area (Å²) in [6, 6.07) is 3.43. The molecule has 0 aliphatic rings. The van der Waals surface area contributed by atoms with Crippen LogP contribution in [-0.4, -0.2) is 14.7 Å². The van der Waals surface area contributed by atoms with Crippen molar-refractivity contribution in [2.45, 2.75) is 27.7 Å². The fourth-order valence-electron chi connectivity index (χ4n) is 1.15. The van der Waals surface area contributed by atoms with Crippen molar-refractivity contribution in [3.8, 4) is 5.75 Å². The van der Waals surface area contributed by atoms with E-state index in [0.717, 1.165) is 16.4 Å². The first-order chi connectivity index (χ1) is 8.70. The number of fused-ring (bicyclic) bond motifs is 1. The first kappa shape index (κ1) is 23.1. The Morgan fingerprint density at radius 3 is 2.16 bits per heavy atom. The summed E-state index contributed by atoms with van der Waals surface area (Å²) in [4.78, 5) is 12.1. The van der Waals surface area contributed by atoms with Crippen LogP contribution in [0, 0.1) is 10.1 Å². The minimum atomic E-state index is 0. The molecule has 0 unspecified atom stereocenters. The third kappa shape index (κ3) is 7.90. The van der Waals surface area contributed by atoms with E-state index in [1.165, 1.54) is 0 Å². The van der Waals surface area contributed by atoms with Gasteiger partial charge in [0.15, 0.2) is 0 Å². The van der Waals surface area contributed by atoms with Crippen LogP contribution in [0.25, 0.3) is 11.0 Å². The Bertz CT molecular complexity index is 447. The normalized spacial score (nSPS) is 7.42. The molecule has 0 aliphatic heterocycles. The van der Waals surface area contributed by atoms with Crippen molar-refractivity contribution in [1.29, 1.82) is 0 Å². The molecular formula is C12H20N3O3Y-. The second-order valence-corrected chi connectivity index (χ2v) is 2.57. The standard InChI is InChI=1S/C8H8N2O.2C2H6.HNO2.Y/c1-10-5-3-6-7(11)2-4-9-8(6)10;2*1-2;2-1-3;/h2-5H,1H3,(H,9,11);2*1-2H3;(H,2,3);/p-1. The molecule has 0 saturated heterocycles. The van der Waals surface area contributed by atoms with Crippen LogP contribution in [0.2, 0.25) is 0 Å². The Hall–Kier alpha value is -1.01. The van der Waals surface area contributed by atoms with Crippen molar-refractivity contribution >= 4 is 11.0 Å². The van der Waals surface area contributed by atoms with E-state index in [0.29, 0.717) is 0 Å². The van der Waals surface area contributed by atoms with Gasteiger partial charge in [0.25, 0.3) is 0 Å². The Morgan fingerprint density at radius 1 is 1.26 bits per heavy atom. The first-order valence-corrected chi connectivity index (χ1v) is 5.74. The van der Waals surface area contributed by atoms with Gasteiger partial charge in [0.2, 0.25) is 0 Å². The topological polar surface area (TPSA) is 90.5 Å². The number of rotatable bonds is 0. The van der Waals surface area contributed by atoms with Gasteiger partial charge in [-0.15, -0.1) is 5.34 Å². The number of aromatic nitrogens is 2. The number of pyridine rings is 1. The van der Waals surface area contributed by atoms with E-state index < -0.39 is 0 Å². The van der Waals surface area contributed by atoms with Gasteiger partial charge in [0, 0.05) is 52.2 Å². The molecule has 0 aromatic carbocycles. The summed E-state index contributed by atoms with van der Waals surface area (Å²) in [7, 11) is 1.90. The van der Waals surface area contributed by atoms with Crippen LogP contribution in [0.4, 0.5) is 0 Å². The summed E-state index contributed by atoms with van der Waals surface area (Å²) >= 11 is 0. The van der Waals surface area contributed by atoms with E-state index in [9.17, 15) is 5.11 Å². The van der Waals surface area contributed by atoms with Gasteiger partial charge in [-0.05, 0) is 12.1 Å². The van der Waals surface area contributed by atoms with Gasteiger partial charge in [-0.1, -0.05) is 27.7 Å². The van der Waals surface area contributed by atoms with E-state index in [1.807, 2.05) is 51.6 Å². The molecule has 105 valence electrons. The molecule has 2 aromatic rings. The van der Waals surface area contributed by atoms with E-state index >= 15 is 0 Å². The molecule has 0 fully saturated rings. The van der Waals surface area contributed by atoms with E-state index in [-0.39, 0.29) is 38.5 Å². The summed E-state index contributed by atoms with van der Waals surface area (Å²) < 4.78 is 1.87. The summed E-state index contributed by atoms with van der Waals surface area (Å²) in [5, 5.41) is 19.1. The van der Waals surface area contributed by atoms with Crippen LogP contribution in [0.15, 0.2) is 29.9 Å². The van der Waals surface area contributed by atoms with Crippen molar-refractivity contribution in [3.63, 3.8) is 0 Å². The molecule has 1 N–H and O–H groups in total. The third-order valence-electron chi connectivity index (χ3n) is 1.74. The number of nitrogens with zero attached hydrogens (tertiary/aromatic N) is 3. The average molecular weight is 343 g/mol. The van der Waals surface area contributed by atoms with Crippen LogP contribution in [0.5, 0.6) is 5.75 Å². The monoisotopic (exact) mass is 343 g/mol. The summed E-state index contributed by atoms with van der Waals surface area (Å²) in [6.45, 7) is 8.00. The molecule has 0 aliphatic carbocycles. The molecule has 6 nitrogen and oxygen atoms in total. The predicted molar refractivity (Wildman–Crippen MR) is 74.2 cm³/mol. The minimum absolute atomic E-state index is 0. The number of aryl methyl sites for hydroxylation is 1. The molecule has 2 heterocycles. The molecule has 7 heteroatoms. The van der Waals surface area contributed by atoms with Gasteiger partial charge in [0.1, 0.15) is 11.4 Å². The summed E-state index contributed by atoms with van der Waals surface area (Å²) in [6.07, 6.45) is 3.47. The molecule has 0 atom stereocenters. The van der Waals surface area contributed by atoms with Crippen LogP contribution < -0.4 is 0 Å². The number of aromatic hydroxyl groups is 1.